The van der Waals surface area contributed by atoms with Crippen molar-refractivity contribution in [1.82, 2.24) is 4.98 Å². The van der Waals surface area contributed by atoms with Gasteiger partial charge in [0.1, 0.15) is 11.9 Å². The molecule has 0 fully saturated rings. The van der Waals surface area contributed by atoms with Gasteiger partial charge >= 0.3 is 0 Å². The number of carbonyl (C=O) groups is 1. The van der Waals surface area contributed by atoms with Gasteiger partial charge in [0, 0.05) is 17.1 Å². The summed E-state index contributed by atoms with van der Waals surface area (Å²) in [7, 11) is 0. The SMILES string of the molecule is CCOCCOC(C)C(=O)Nc1ccc(Oc2cccc(Br)c2)nc1. The summed E-state index contributed by atoms with van der Waals surface area (Å²) in [5, 5.41) is 2.75. The lowest BCUT2D eigenvalue weighted by molar-refractivity contribution is -0.127. The van der Waals surface area contributed by atoms with E-state index in [0.717, 1.165) is 4.47 Å². The zero-order valence-corrected chi connectivity index (χ0v) is 15.8. The lowest BCUT2D eigenvalue weighted by Gasteiger charge is -2.13. The molecule has 2 rings (SSSR count). The van der Waals surface area contributed by atoms with E-state index in [1.54, 1.807) is 19.1 Å². The summed E-state index contributed by atoms with van der Waals surface area (Å²) in [5.74, 6) is 0.881. The summed E-state index contributed by atoms with van der Waals surface area (Å²) in [6.07, 6.45) is 0.969. The molecule has 1 aromatic heterocycles. The average Bonchev–Trinajstić information content (AvgIpc) is 2.60. The van der Waals surface area contributed by atoms with Crippen molar-refractivity contribution in [2.24, 2.45) is 0 Å². The Bertz CT molecular complexity index is 679. The third-order valence-corrected chi connectivity index (χ3v) is 3.68. The van der Waals surface area contributed by atoms with Crippen molar-refractivity contribution in [3.63, 3.8) is 0 Å². The lowest BCUT2D eigenvalue weighted by atomic mass is 10.3. The van der Waals surface area contributed by atoms with E-state index < -0.39 is 6.10 Å². The van der Waals surface area contributed by atoms with E-state index in [2.05, 4.69) is 26.2 Å². The summed E-state index contributed by atoms with van der Waals surface area (Å²) < 4.78 is 17.1. The maximum atomic E-state index is 12.0. The summed E-state index contributed by atoms with van der Waals surface area (Å²) in [4.78, 5) is 16.2. The highest BCUT2D eigenvalue weighted by molar-refractivity contribution is 9.10. The highest BCUT2D eigenvalue weighted by atomic mass is 79.9. The maximum Gasteiger partial charge on any atom is 0.253 e. The number of nitrogens with one attached hydrogen (secondary N) is 1. The van der Waals surface area contributed by atoms with Crippen molar-refractivity contribution in [2.75, 3.05) is 25.1 Å². The van der Waals surface area contributed by atoms with Gasteiger partial charge in [-0.1, -0.05) is 22.0 Å². The molecule has 1 N–H and O–H groups in total. The second kappa shape index (κ2) is 10.1. The highest BCUT2D eigenvalue weighted by Gasteiger charge is 2.13. The molecule has 0 spiro atoms. The Labute approximate surface area is 155 Å². The van der Waals surface area contributed by atoms with Gasteiger partial charge in [0.25, 0.3) is 5.91 Å². The number of aromatic nitrogens is 1. The molecule has 1 unspecified atom stereocenters. The largest absolute Gasteiger partial charge is 0.439 e. The van der Waals surface area contributed by atoms with Crippen LogP contribution in [0.4, 0.5) is 5.69 Å². The Morgan fingerprint density at radius 2 is 2.12 bits per heavy atom. The minimum atomic E-state index is -0.571. The van der Waals surface area contributed by atoms with Gasteiger partial charge in [-0.05, 0) is 38.1 Å². The van der Waals surface area contributed by atoms with Gasteiger partial charge < -0.3 is 19.5 Å². The summed E-state index contributed by atoms with van der Waals surface area (Å²) in [6.45, 7) is 5.08. The summed E-state index contributed by atoms with van der Waals surface area (Å²) >= 11 is 3.39. The first kappa shape index (κ1) is 19.4. The number of hydrogen-bond donors (Lipinski definition) is 1. The lowest BCUT2D eigenvalue weighted by Crippen LogP contribution is -2.28. The van der Waals surface area contributed by atoms with Crippen LogP contribution in [0.25, 0.3) is 0 Å². The molecule has 134 valence electrons. The fraction of sp³-hybridized carbons (Fsp3) is 0.333. The van der Waals surface area contributed by atoms with E-state index in [1.165, 1.54) is 6.20 Å². The normalized spacial score (nSPS) is 11.8. The van der Waals surface area contributed by atoms with Gasteiger partial charge in [-0.25, -0.2) is 4.98 Å². The average molecular weight is 409 g/mol. The molecular formula is C18H21BrN2O4. The van der Waals surface area contributed by atoms with E-state index in [-0.39, 0.29) is 5.91 Å². The molecule has 0 bridgehead atoms. The van der Waals surface area contributed by atoms with Gasteiger partial charge in [-0.15, -0.1) is 0 Å². The van der Waals surface area contributed by atoms with Gasteiger partial charge in [0.2, 0.25) is 5.88 Å². The predicted molar refractivity (Wildman–Crippen MR) is 99.0 cm³/mol. The Morgan fingerprint density at radius 1 is 1.28 bits per heavy atom. The molecule has 7 heteroatoms. The molecule has 0 saturated carbocycles. The van der Waals surface area contributed by atoms with Crippen molar-refractivity contribution in [3.05, 3.63) is 47.1 Å². The Kier molecular flexibility index (Phi) is 7.84. The molecule has 0 saturated heterocycles. The standard InChI is InChI=1S/C18H21BrN2O4/c1-3-23-9-10-24-13(2)18(22)21-15-7-8-17(20-12-15)25-16-6-4-5-14(19)11-16/h4-8,11-13H,3,9-10H2,1-2H3,(H,21,22). The third-order valence-electron chi connectivity index (χ3n) is 3.19. The molecule has 0 aliphatic heterocycles. The topological polar surface area (TPSA) is 69.7 Å². The Balaban J connectivity index is 1.84. The zero-order chi connectivity index (χ0) is 18.1. The van der Waals surface area contributed by atoms with Crippen molar-refractivity contribution in [3.8, 4) is 11.6 Å². The van der Waals surface area contributed by atoms with Crippen molar-refractivity contribution in [2.45, 2.75) is 20.0 Å². The second-order valence-corrected chi connectivity index (χ2v) is 6.06. The number of halogens is 1. The number of carbonyl (C=O) groups excluding carboxylic acids is 1. The number of rotatable bonds is 9. The van der Waals surface area contributed by atoms with Gasteiger partial charge in [-0.3, -0.25) is 4.79 Å². The molecule has 1 aromatic carbocycles. The van der Waals surface area contributed by atoms with Crippen LogP contribution in [0.15, 0.2) is 47.1 Å². The summed E-state index contributed by atoms with van der Waals surface area (Å²) in [5.41, 5.74) is 0.576. The third kappa shape index (κ3) is 6.81. The monoisotopic (exact) mass is 408 g/mol. The van der Waals surface area contributed by atoms with E-state index >= 15 is 0 Å². The van der Waals surface area contributed by atoms with Gasteiger partial charge in [0.05, 0.1) is 25.1 Å². The van der Waals surface area contributed by atoms with Crippen molar-refractivity contribution < 1.29 is 19.0 Å². The van der Waals surface area contributed by atoms with Crippen LogP contribution in [0.2, 0.25) is 0 Å². The number of anilines is 1. The molecular weight excluding hydrogens is 388 g/mol. The second-order valence-electron chi connectivity index (χ2n) is 5.14. The molecule has 0 aliphatic rings. The van der Waals surface area contributed by atoms with E-state index in [9.17, 15) is 4.79 Å². The van der Waals surface area contributed by atoms with Crippen molar-refractivity contribution in [1.29, 1.82) is 0 Å². The van der Waals surface area contributed by atoms with E-state index in [1.807, 2.05) is 31.2 Å². The van der Waals surface area contributed by atoms with Crippen LogP contribution in [0.3, 0.4) is 0 Å². The fourth-order valence-electron chi connectivity index (χ4n) is 1.91. The van der Waals surface area contributed by atoms with Crippen LogP contribution in [-0.2, 0) is 14.3 Å². The molecule has 6 nitrogen and oxygen atoms in total. The number of hydrogen-bond acceptors (Lipinski definition) is 5. The first-order chi connectivity index (χ1) is 12.1. The first-order valence-electron chi connectivity index (χ1n) is 7.98. The fourth-order valence-corrected chi connectivity index (χ4v) is 2.29. The molecule has 1 atom stereocenters. The molecule has 2 aromatic rings. The number of ether oxygens (including phenoxy) is 3. The number of pyridine rings is 1. The molecule has 1 amide bonds. The van der Waals surface area contributed by atoms with E-state index in [4.69, 9.17) is 14.2 Å². The van der Waals surface area contributed by atoms with Crippen LogP contribution < -0.4 is 10.1 Å². The van der Waals surface area contributed by atoms with Crippen LogP contribution in [0, 0.1) is 0 Å². The Hall–Kier alpha value is -1.96. The van der Waals surface area contributed by atoms with Crippen LogP contribution in [0.5, 0.6) is 11.6 Å². The quantitative estimate of drug-likeness (QED) is 0.634. The van der Waals surface area contributed by atoms with Crippen molar-refractivity contribution >= 4 is 27.5 Å². The minimum Gasteiger partial charge on any atom is -0.439 e. The predicted octanol–water partition coefficient (Wildman–Crippen LogP) is 4.02. The number of benzene rings is 1. The van der Waals surface area contributed by atoms with Crippen LogP contribution in [0.1, 0.15) is 13.8 Å². The number of amides is 1. The molecule has 0 aliphatic carbocycles. The highest BCUT2D eigenvalue weighted by Crippen LogP contribution is 2.23. The summed E-state index contributed by atoms with van der Waals surface area (Å²) in [6, 6.07) is 10.9. The molecule has 25 heavy (non-hydrogen) atoms. The van der Waals surface area contributed by atoms with E-state index in [0.29, 0.717) is 37.1 Å². The van der Waals surface area contributed by atoms with Crippen LogP contribution in [-0.4, -0.2) is 36.8 Å². The Morgan fingerprint density at radius 3 is 2.80 bits per heavy atom. The molecule has 0 radical (unpaired) electrons. The first-order valence-corrected chi connectivity index (χ1v) is 8.77. The number of nitrogens with zero attached hydrogens (tertiary/aromatic N) is 1. The van der Waals surface area contributed by atoms with Gasteiger partial charge in [-0.2, -0.15) is 0 Å². The minimum absolute atomic E-state index is 0.237. The smallest absolute Gasteiger partial charge is 0.253 e. The maximum absolute atomic E-state index is 12.0. The van der Waals surface area contributed by atoms with Crippen LogP contribution >= 0.6 is 15.9 Å². The zero-order valence-electron chi connectivity index (χ0n) is 14.2. The molecule has 1 heterocycles. The van der Waals surface area contributed by atoms with Gasteiger partial charge in [0.15, 0.2) is 0 Å².